The van der Waals surface area contributed by atoms with Crippen molar-refractivity contribution in [3.8, 4) is 0 Å². The van der Waals surface area contributed by atoms with E-state index >= 15 is 0 Å². The average molecular weight is 282 g/mol. The Hall–Kier alpha value is -0.940. The Kier molecular flexibility index (Phi) is 2.54. The van der Waals surface area contributed by atoms with Crippen LogP contribution in [0.15, 0.2) is 0 Å². The van der Waals surface area contributed by atoms with Crippen molar-refractivity contribution in [1.29, 1.82) is 0 Å². The molecular formula is C15H22O5. The zero-order chi connectivity index (χ0) is 15.0. The van der Waals surface area contributed by atoms with E-state index in [0.717, 1.165) is 6.42 Å². The van der Waals surface area contributed by atoms with Gasteiger partial charge >= 0.3 is 5.97 Å². The summed E-state index contributed by atoms with van der Waals surface area (Å²) in [5.74, 6) is -0.624. The SMILES string of the molecule is C[C@@H]1CC[C@@]2(O)[C@]13CC(=O)OC[C@@]2(C)[C@@](C)(O)C(=O)C3. The van der Waals surface area contributed by atoms with Gasteiger partial charge in [0.25, 0.3) is 0 Å². The third-order valence-electron chi connectivity index (χ3n) is 6.69. The Balaban J connectivity index is 2.28. The monoisotopic (exact) mass is 282 g/mol. The summed E-state index contributed by atoms with van der Waals surface area (Å²) >= 11 is 0. The zero-order valence-electron chi connectivity index (χ0n) is 12.2. The number of carbonyl (C=O) groups is 2. The Bertz CT molecular complexity index is 498. The molecule has 2 saturated carbocycles. The molecule has 3 fully saturated rings. The normalized spacial score (nSPS) is 55.1. The first-order valence-electron chi connectivity index (χ1n) is 7.24. The van der Waals surface area contributed by atoms with Crippen LogP contribution in [0, 0.1) is 16.7 Å². The van der Waals surface area contributed by atoms with Crippen LogP contribution in [0.3, 0.4) is 0 Å². The highest BCUT2D eigenvalue weighted by Crippen LogP contribution is 2.68. The van der Waals surface area contributed by atoms with Crippen molar-refractivity contribution in [1.82, 2.24) is 0 Å². The molecule has 2 aliphatic carbocycles. The Morgan fingerprint density at radius 3 is 2.50 bits per heavy atom. The minimum absolute atomic E-state index is 0.0440. The van der Waals surface area contributed by atoms with Crippen molar-refractivity contribution in [3.63, 3.8) is 0 Å². The molecule has 0 radical (unpaired) electrons. The molecule has 3 aliphatic rings. The maximum absolute atomic E-state index is 12.5. The molecule has 0 aromatic rings. The van der Waals surface area contributed by atoms with E-state index in [1.165, 1.54) is 6.92 Å². The number of hydrogen-bond acceptors (Lipinski definition) is 5. The van der Waals surface area contributed by atoms with Gasteiger partial charge in [-0.3, -0.25) is 9.59 Å². The number of aliphatic hydroxyl groups is 2. The Morgan fingerprint density at radius 2 is 1.85 bits per heavy atom. The van der Waals surface area contributed by atoms with E-state index in [-0.39, 0.29) is 37.1 Å². The topological polar surface area (TPSA) is 83.8 Å². The van der Waals surface area contributed by atoms with Gasteiger partial charge in [0.1, 0.15) is 12.2 Å². The van der Waals surface area contributed by atoms with Crippen LogP contribution < -0.4 is 0 Å². The molecule has 1 saturated heterocycles. The molecule has 2 N–H and O–H groups in total. The van der Waals surface area contributed by atoms with Crippen molar-refractivity contribution >= 4 is 11.8 Å². The first-order chi connectivity index (χ1) is 9.11. The third kappa shape index (κ3) is 1.22. The summed E-state index contributed by atoms with van der Waals surface area (Å²) in [6, 6.07) is 0. The molecule has 5 atom stereocenters. The van der Waals surface area contributed by atoms with Gasteiger partial charge in [0.05, 0.1) is 17.4 Å². The molecule has 0 unspecified atom stereocenters. The average Bonchev–Trinajstić information content (AvgIpc) is 2.57. The number of cyclic esters (lactones) is 1. The summed E-state index contributed by atoms with van der Waals surface area (Å²) in [4.78, 5) is 24.5. The molecule has 0 aromatic carbocycles. The maximum Gasteiger partial charge on any atom is 0.306 e. The van der Waals surface area contributed by atoms with Crippen LogP contribution in [-0.4, -0.2) is 39.8 Å². The molecule has 2 bridgehead atoms. The van der Waals surface area contributed by atoms with E-state index in [4.69, 9.17) is 4.74 Å². The second kappa shape index (κ2) is 3.63. The van der Waals surface area contributed by atoms with Gasteiger partial charge in [-0.1, -0.05) is 13.8 Å². The van der Waals surface area contributed by atoms with Gasteiger partial charge in [-0.25, -0.2) is 0 Å². The number of Topliss-reactive ketones (excluding diaryl/α,β-unsaturated/α-hetero) is 1. The van der Waals surface area contributed by atoms with Gasteiger partial charge in [0.2, 0.25) is 0 Å². The largest absolute Gasteiger partial charge is 0.465 e. The lowest BCUT2D eigenvalue weighted by Gasteiger charge is -2.60. The lowest BCUT2D eigenvalue weighted by molar-refractivity contribution is -0.249. The molecule has 0 aromatic heterocycles. The molecule has 0 spiro atoms. The van der Waals surface area contributed by atoms with Gasteiger partial charge in [-0.15, -0.1) is 0 Å². The number of carbonyl (C=O) groups excluding carboxylic acids is 2. The molecule has 5 nitrogen and oxygen atoms in total. The molecule has 112 valence electrons. The molecule has 1 heterocycles. The lowest BCUT2D eigenvalue weighted by atomic mass is 9.46. The number of ether oxygens (including phenoxy) is 1. The molecule has 5 heteroatoms. The zero-order valence-corrected chi connectivity index (χ0v) is 12.2. The van der Waals surface area contributed by atoms with Gasteiger partial charge in [-0.2, -0.15) is 0 Å². The first kappa shape index (κ1) is 14.0. The first-order valence-corrected chi connectivity index (χ1v) is 7.24. The third-order valence-corrected chi connectivity index (χ3v) is 6.69. The highest BCUT2D eigenvalue weighted by Gasteiger charge is 2.77. The maximum atomic E-state index is 12.5. The minimum atomic E-state index is -1.68. The Labute approximate surface area is 118 Å². The summed E-state index contributed by atoms with van der Waals surface area (Å²) in [5.41, 5.74) is -4.89. The van der Waals surface area contributed by atoms with Crippen LogP contribution in [0.25, 0.3) is 0 Å². The van der Waals surface area contributed by atoms with Gasteiger partial charge in [-0.05, 0) is 25.7 Å². The smallest absolute Gasteiger partial charge is 0.306 e. The minimum Gasteiger partial charge on any atom is -0.465 e. The molecule has 20 heavy (non-hydrogen) atoms. The van der Waals surface area contributed by atoms with Crippen LogP contribution >= 0.6 is 0 Å². The number of rotatable bonds is 0. The second-order valence-corrected chi connectivity index (χ2v) is 7.30. The fraction of sp³-hybridized carbons (Fsp3) is 0.867. The van der Waals surface area contributed by atoms with Crippen LogP contribution in [0.2, 0.25) is 0 Å². The van der Waals surface area contributed by atoms with Crippen molar-refractivity contribution < 1.29 is 24.5 Å². The van der Waals surface area contributed by atoms with Crippen molar-refractivity contribution in [2.24, 2.45) is 16.7 Å². The highest BCUT2D eigenvalue weighted by atomic mass is 16.5. The molecular weight excluding hydrogens is 260 g/mol. The fourth-order valence-corrected chi connectivity index (χ4v) is 4.85. The van der Waals surface area contributed by atoms with E-state index in [1.54, 1.807) is 6.92 Å². The molecule has 1 aliphatic heterocycles. The summed E-state index contributed by atoms with van der Waals surface area (Å²) in [6.45, 7) is 4.98. The number of esters is 1. The van der Waals surface area contributed by atoms with Crippen molar-refractivity contribution in [3.05, 3.63) is 0 Å². The lowest BCUT2D eigenvalue weighted by Crippen LogP contribution is -2.73. The van der Waals surface area contributed by atoms with E-state index in [0.29, 0.717) is 6.42 Å². The summed E-state index contributed by atoms with van der Waals surface area (Å²) < 4.78 is 5.24. The van der Waals surface area contributed by atoms with E-state index in [2.05, 4.69) is 0 Å². The Morgan fingerprint density at radius 1 is 1.20 bits per heavy atom. The van der Waals surface area contributed by atoms with E-state index in [9.17, 15) is 19.8 Å². The standard InChI is InChI=1S/C15H22O5/c1-9-4-5-15(19)12(2)8-20-11(17)7-14(9,15)6-10(16)13(12,3)18/h9,18-19H,4-8H2,1-3H3/t9-,12+,13+,14-,15+/m1/s1. The number of hydrogen-bond donors (Lipinski definition) is 2. The quantitative estimate of drug-likeness (QED) is 0.642. The second-order valence-electron chi connectivity index (χ2n) is 7.30. The summed E-state index contributed by atoms with van der Waals surface area (Å²) in [6.07, 6.45) is 1.35. The van der Waals surface area contributed by atoms with Crippen molar-refractivity contribution in [2.75, 3.05) is 6.61 Å². The van der Waals surface area contributed by atoms with Gasteiger partial charge in [0.15, 0.2) is 5.78 Å². The predicted octanol–water partition coefficient (Wildman–Crippen LogP) is 0.811. The summed E-state index contributed by atoms with van der Waals surface area (Å²) in [7, 11) is 0. The number of ketones is 1. The van der Waals surface area contributed by atoms with E-state index in [1.807, 2.05) is 6.92 Å². The van der Waals surface area contributed by atoms with E-state index < -0.39 is 22.0 Å². The summed E-state index contributed by atoms with van der Waals surface area (Å²) in [5, 5.41) is 22.1. The van der Waals surface area contributed by atoms with Crippen LogP contribution in [0.5, 0.6) is 0 Å². The van der Waals surface area contributed by atoms with Crippen LogP contribution in [0.1, 0.15) is 46.5 Å². The molecule has 0 amide bonds. The van der Waals surface area contributed by atoms with Gasteiger partial charge < -0.3 is 14.9 Å². The molecule has 3 rings (SSSR count). The highest BCUT2D eigenvalue weighted by molar-refractivity contribution is 5.91. The van der Waals surface area contributed by atoms with Crippen LogP contribution in [0.4, 0.5) is 0 Å². The van der Waals surface area contributed by atoms with Crippen molar-refractivity contribution in [2.45, 2.75) is 57.7 Å². The van der Waals surface area contributed by atoms with Gasteiger partial charge in [0, 0.05) is 11.8 Å². The predicted molar refractivity (Wildman–Crippen MR) is 69.7 cm³/mol. The fourth-order valence-electron chi connectivity index (χ4n) is 4.85. The van der Waals surface area contributed by atoms with Crippen LogP contribution in [-0.2, 0) is 14.3 Å².